The first kappa shape index (κ1) is 55.6. The van der Waals surface area contributed by atoms with Crippen LogP contribution in [0.4, 0.5) is 4.79 Å². The van der Waals surface area contributed by atoms with E-state index in [1.807, 2.05) is 12.1 Å². The van der Waals surface area contributed by atoms with Gasteiger partial charge in [-0.25, -0.2) is 9.69 Å². The zero-order valence-corrected chi connectivity index (χ0v) is 40.8. The lowest BCUT2D eigenvalue weighted by Crippen LogP contribution is -2.45. The molecule has 66 heavy (non-hydrogen) atoms. The standard InChI is InChI=1S/C56H84N2O8/c1-3-5-7-9-11-13-15-17-19-21-23-25-27-29-37-43-51(59)64-45-48(46-65-52(60)44-38-30-28-26-24-22-20-18-16-14-12-10-8-6-4-2)53(61)66-47-58-54(62)56(57-55(58)63,49-39-33-31-34-40-49)50-41-35-32-36-42-50/h17-20,31-36,39-42,48H,3-16,21-30,37-38,43-47H2,1-2H3,(H,57,63)/b19-17-,20-18-. The van der Waals surface area contributed by atoms with Gasteiger partial charge < -0.3 is 19.5 Å². The zero-order valence-electron chi connectivity index (χ0n) is 40.8. The van der Waals surface area contributed by atoms with E-state index in [1.165, 1.54) is 77.0 Å². The average Bonchev–Trinajstić information content (AvgIpc) is 3.59. The van der Waals surface area contributed by atoms with Crippen LogP contribution in [0.5, 0.6) is 0 Å². The first-order chi connectivity index (χ1) is 32.3. The van der Waals surface area contributed by atoms with E-state index in [-0.39, 0.29) is 26.1 Å². The zero-order chi connectivity index (χ0) is 47.3. The van der Waals surface area contributed by atoms with Crippen molar-refractivity contribution in [3.8, 4) is 0 Å². The van der Waals surface area contributed by atoms with E-state index in [4.69, 9.17) is 14.2 Å². The van der Waals surface area contributed by atoms with Gasteiger partial charge in [-0.1, -0.05) is 202 Å². The third kappa shape index (κ3) is 22.2. The highest BCUT2D eigenvalue weighted by Crippen LogP contribution is 2.36. The Balaban J connectivity index is 1.44. The number of nitrogens with one attached hydrogen (secondary N) is 1. The molecule has 1 fully saturated rings. The summed E-state index contributed by atoms with van der Waals surface area (Å²) in [6, 6.07) is 17.1. The van der Waals surface area contributed by atoms with Gasteiger partial charge in [0.2, 0.25) is 0 Å². The summed E-state index contributed by atoms with van der Waals surface area (Å²) in [5.74, 6) is -3.50. The Morgan fingerprint density at radius 2 is 0.879 bits per heavy atom. The minimum Gasteiger partial charge on any atom is -0.465 e. The van der Waals surface area contributed by atoms with Crippen LogP contribution in [0.3, 0.4) is 0 Å². The van der Waals surface area contributed by atoms with Gasteiger partial charge in [-0.3, -0.25) is 19.2 Å². The van der Waals surface area contributed by atoms with E-state index < -0.39 is 48.0 Å². The lowest BCUT2D eigenvalue weighted by molar-refractivity contribution is -0.163. The van der Waals surface area contributed by atoms with Crippen molar-refractivity contribution in [1.29, 1.82) is 0 Å². The SMILES string of the molecule is CCCCCCCC/C=C\CCCCCCCC(=O)OCC(COC(=O)CCCCCCC/C=C\CCCCCCCC)C(=O)OCN1C(=O)NC(c2ccccc2)(c2ccccc2)C1=O. The first-order valence-electron chi connectivity index (χ1n) is 25.9. The normalized spacial score (nSPS) is 13.5. The molecule has 0 radical (unpaired) electrons. The van der Waals surface area contributed by atoms with Gasteiger partial charge in [0.1, 0.15) is 19.1 Å². The fourth-order valence-electron chi connectivity index (χ4n) is 8.27. The predicted octanol–water partition coefficient (Wildman–Crippen LogP) is 13.8. The summed E-state index contributed by atoms with van der Waals surface area (Å²) >= 11 is 0. The molecule has 0 atom stereocenters. The molecule has 10 nitrogen and oxygen atoms in total. The number of benzene rings is 2. The number of allylic oxidation sites excluding steroid dienone is 4. The summed E-state index contributed by atoms with van der Waals surface area (Å²) < 4.78 is 16.6. The monoisotopic (exact) mass is 913 g/mol. The molecule has 0 saturated carbocycles. The molecule has 2 aromatic carbocycles. The highest BCUT2D eigenvalue weighted by molar-refractivity contribution is 6.09. The Bertz CT molecular complexity index is 1600. The molecule has 366 valence electrons. The molecule has 1 saturated heterocycles. The molecule has 2 aromatic rings. The molecule has 0 spiro atoms. The second-order valence-electron chi connectivity index (χ2n) is 18.0. The van der Waals surface area contributed by atoms with Crippen molar-refractivity contribution in [1.82, 2.24) is 10.2 Å². The van der Waals surface area contributed by atoms with Crippen LogP contribution >= 0.6 is 0 Å². The Labute approximate surface area is 398 Å². The third-order valence-corrected chi connectivity index (χ3v) is 12.4. The predicted molar refractivity (Wildman–Crippen MR) is 264 cm³/mol. The highest BCUT2D eigenvalue weighted by atomic mass is 16.6. The van der Waals surface area contributed by atoms with Gasteiger partial charge in [0.05, 0.1) is 0 Å². The Morgan fingerprint density at radius 3 is 1.27 bits per heavy atom. The minimum atomic E-state index is -1.52. The molecule has 0 aromatic heterocycles. The number of carbonyl (C=O) groups excluding carboxylic acids is 5. The molecule has 0 aliphatic carbocycles. The summed E-state index contributed by atoms with van der Waals surface area (Å²) in [5, 5.41) is 2.84. The second kappa shape index (κ2) is 35.5. The van der Waals surface area contributed by atoms with Crippen molar-refractivity contribution < 1.29 is 38.2 Å². The molecular weight excluding hydrogens is 829 g/mol. The Hall–Kier alpha value is -4.73. The molecule has 0 unspecified atom stereocenters. The number of carbonyl (C=O) groups is 5. The lowest BCUT2D eigenvalue weighted by atomic mass is 9.83. The Morgan fingerprint density at radius 1 is 0.515 bits per heavy atom. The van der Waals surface area contributed by atoms with Crippen molar-refractivity contribution in [2.24, 2.45) is 5.92 Å². The molecule has 0 bridgehead atoms. The number of ether oxygens (including phenoxy) is 3. The number of rotatable bonds is 39. The minimum absolute atomic E-state index is 0.207. The van der Waals surface area contributed by atoms with Gasteiger partial charge in [0, 0.05) is 12.8 Å². The van der Waals surface area contributed by atoms with Crippen LogP contribution in [0.15, 0.2) is 85.0 Å². The number of hydrogen-bond donors (Lipinski definition) is 1. The number of unbranched alkanes of at least 4 members (excludes halogenated alkanes) is 22. The molecule has 1 aliphatic heterocycles. The summed E-state index contributed by atoms with van der Waals surface area (Å²) in [7, 11) is 0. The van der Waals surface area contributed by atoms with E-state index >= 15 is 0 Å². The van der Waals surface area contributed by atoms with Crippen LogP contribution in [0.2, 0.25) is 0 Å². The molecule has 3 amide bonds. The van der Waals surface area contributed by atoms with Gasteiger partial charge >= 0.3 is 23.9 Å². The molecular formula is C56H84N2O8. The maximum absolute atomic E-state index is 14.1. The van der Waals surface area contributed by atoms with Gasteiger partial charge in [0.15, 0.2) is 12.3 Å². The maximum Gasteiger partial charge on any atom is 0.328 e. The number of amides is 3. The fourth-order valence-corrected chi connectivity index (χ4v) is 8.27. The fraction of sp³-hybridized carbons (Fsp3) is 0.625. The maximum atomic E-state index is 14.1. The van der Waals surface area contributed by atoms with Gasteiger partial charge in [-0.05, 0) is 75.3 Å². The summed E-state index contributed by atoms with van der Waals surface area (Å²) in [4.78, 5) is 67.5. The van der Waals surface area contributed by atoms with Crippen molar-refractivity contribution in [3.63, 3.8) is 0 Å². The van der Waals surface area contributed by atoms with Crippen molar-refractivity contribution >= 4 is 29.8 Å². The van der Waals surface area contributed by atoms with Crippen molar-refractivity contribution in [3.05, 3.63) is 96.1 Å². The summed E-state index contributed by atoms with van der Waals surface area (Å²) in [6.07, 6.45) is 39.5. The molecule has 1 N–H and O–H groups in total. The van der Waals surface area contributed by atoms with Crippen LogP contribution in [-0.2, 0) is 38.9 Å². The highest BCUT2D eigenvalue weighted by Gasteiger charge is 2.54. The molecule has 10 heteroatoms. The van der Waals surface area contributed by atoms with Crippen LogP contribution in [0, 0.1) is 5.92 Å². The van der Waals surface area contributed by atoms with Crippen LogP contribution in [-0.4, -0.2) is 54.7 Å². The van der Waals surface area contributed by atoms with Crippen LogP contribution in [0.25, 0.3) is 0 Å². The van der Waals surface area contributed by atoms with Crippen LogP contribution < -0.4 is 5.32 Å². The number of nitrogens with zero attached hydrogens (tertiary/aromatic N) is 1. The molecule has 1 heterocycles. The van der Waals surface area contributed by atoms with Crippen LogP contribution in [0.1, 0.15) is 205 Å². The van der Waals surface area contributed by atoms with Gasteiger partial charge in [-0.2, -0.15) is 0 Å². The Kier molecular flexibility index (Phi) is 29.9. The summed E-state index contributed by atoms with van der Waals surface area (Å²) in [5.41, 5.74) is -0.417. The van der Waals surface area contributed by atoms with E-state index in [9.17, 15) is 24.0 Å². The van der Waals surface area contributed by atoms with E-state index in [1.54, 1.807) is 48.5 Å². The third-order valence-electron chi connectivity index (χ3n) is 12.4. The smallest absolute Gasteiger partial charge is 0.328 e. The molecule has 3 rings (SSSR count). The van der Waals surface area contributed by atoms with Crippen molar-refractivity contribution in [2.75, 3.05) is 19.9 Å². The number of urea groups is 1. The second-order valence-corrected chi connectivity index (χ2v) is 18.0. The van der Waals surface area contributed by atoms with E-state index in [2.05, 4.69) is 43.5 Å². The van der Waals surface area contributed by atoms with E-state index in [0.717, 1.165) is 81.9 Å². The average molecular weight is 913 g/mol. The van der Waals surface area contributed by atoms with Crippen molar-refractivity contribution in [2.45, 2.75) is 199 Å². The first-order valence-corrected chi connectivity index (χ1v) is 25.9. The van der Waals surface area contributed by atoms with Gasteiger partial charge in [0.25, 0.3) is 5.91 Å². The number of imide groups is 1. The van der Waals surface area contributed by atoms with Gasteiger partial charge in [-0.15, -0.1) is 0 Å². The van der Waals surface area contributed by atoms with E-state index in [0.29, 0.717) is 24.0 Å². The number of esters is 3. The number of hydrogen-bond acceptors (Lipinski definition) is 8. The summed E-state index contributed by atoms with van der Waals surface area (Å²) in [6.45, 7) is 3.10. The largest absolute Gasteiger partial charge is 0.465 e. The lowest BCUT2D eigenvalue weighted by Gasteiger charge is -2.28. The molecule has 1 aliphatic rings. The topological polar surface area (TPSA) is 128 Å². The quantitative estimate of drug-likeness (QED) is 0.0231.